The van der Waals surface area contributed by atoms with Gasteiger partial charge >= 0.3 is 0 Å². The molecule has 1 fully saturated rings. The molecule has 1 saturated heterocycles. The van der Waals surface area contributed by atoms with Gasteiger partial charge in [-0.2, -0.15) is 5.26 Å². The van der Waals surface area contributed by atoms with Crippen molar-refractivity contribution in [1.82, 2.24) is 5.32 Å². The van der Waals surface area contributed by atoms with Crippen molar-refractivity contribution in [3.8, 4) is 6.07 Å². The molecule has 0 radical (unpaired) electrons. The Kier molecular flexibility index (Phi) is 9.84. The van der Waals surface area contributed by atoms with Crippen LogP contribution in [0.5, 0.6) is 0 Å². The van der Waals surface area contributed by atoms with Crippen molar-refractivity contribution in [3.05, 3.63) is 112 Å². The van der Waals surface area contributed by atoms with Crippen LogP contribution in [0, 0.1) is 11.3 Å². The number of unbranched alkanes of at least 4 members (excludes halogenated alkanes) is 1. The highest BCUT2D eigenvalue weighted by molar-refractivity contribution is 8.05. The van der Waals surface area contributed by atoms with Crippen LogP contribution in [0.15, 0.2) is 89.5 Å². The Labute approximate surface area is 242 Å². The summed E-state index contributed by atoms with van der Waals surface area (Å²) in [6, 6.07) is 27.7. The smallest absolute Gasteiger partial charge is 0.265 e. The number of anilines is 1. The molecule has 0 spiro atoms. The van der Waals surface area contributed by atoms with Gasteiger partial charge in [0.05, 0.1) is 11.3 Å². The van der Waals surface area contributed by atoms with Crippen molar-refractivity contribution in [2.45, 2.75) is 70.6 Å². The standard InChI is InChI=1S/C34H37N3O2S/c1-5-6-10-25-13-15-26(16-14-25)21-31-33(39)37(29-19-17-27(18-20-29)23(2)3)34(40-31)30(22-35)32(38)36-24(4)28-11-8-7-9-12-28/h7-9,11-20,23-24,31H,5-6,10,21H2,1-4H3,(H,36,38)/b34-30-. The van der Waals surface area contributed by atoms with Gasteiger partial charge in [0.1, 0.15) is 16.7 Å². The van der Waals surface area contributed by atoms with Gasteiger partial charge in [0.25, 0.3) is 5.91 Å². The molecule has 1 aliphatic heterocycles. The Morgan fingerprint density at radius 3 is 2.20 bits per heavy atom. The third kappa shape index (κ3) is 6.84. The van der Waals surface area contributed by atoms with Crippen molar-refractivity contribution >= 4 is 29.3 Å². The molecule has 4 rings (SSSR count). The zero-order valence-electron chi connectivity index (χ0n) is 23.7. The predicted molar refractivity (Wildman–Crippen MR) is 164 cm³/mol. The molecule has 3 aromatic rings. The van der Waals surface area contributed by atoms with Crippen molar-refractivity contribution < 1.29 is 9.59 Å². The second kappa shape index (κ2) is 13.5. The molecule has 0 aromatic heterocycles. The topological polar surface area (TPSA) is 73.2 Å². The minimum atomic E-state index is -0.487. The third-order valence-electron chi connectivity index (χ3n) is 7.23. The van der Waals surface area contributed by atoms with Crippen LogP contribution >= 0.6 is 11.8 Å². The molecule has 2 atom stereocenters. The molecule has 3 aromatic carbocycles. The largest absolute Gasteiger partial charge is 0.345 e. The minimum absolute atomic E-state index is 0.0496. The molecule has 6 heteroatoms. The van der Waals surface area contributed by atoms with Gasteiger partial charge in [-0.05, 0) is 66.5 Å². The molecule has 0 saturated carbocycles. The SMILES string of the molecule is CCCCc1ccc(CC2S/C(=C(/C#N)C(=O)NC(C)c3ccccc3)N(c3ccc(C(C)C)cc3)C2=O)cc1. The number of nitriles is 1. The number of rotatable bonds is 10. The van der Waals surface area contributed by atoms with Crippen LogP contribution < -0.4 is 10.2 Å². The number of carbonyl (C=O) groups excluding carboxylic acids is 2. The van der Waals surface area contributed by atoms with E-state index in [2.05, 4.69) is 56.4 Å². The second-order valence-electron chi connectivity index (χ2n) is 10.5. The van der Waals surface area contributed by atoms with E-state index in [1.807, 2.05) is 61.5 Å². The van der Waals surface area contributed by atoms with E-state index in [0.717, 1.165) is 36.0 Å². The highest BCUT2D eigenvalue weighted by Gasteiger charge is 2.41. The number of hydrogen-bond acceptors (Lipinski definition) is 4. The van der Waals surface area contributed by atoms with E-state index in [4.69, 9.17) is 0 Å². The molecule has 206 valence electrons. The highest BCUT2D eigenvalue weighted by atomic mass is 32.2. The van der Waals surface area contributed by atoms with Gasteiger partial charge in [-0.3, -0.25) is 14.5 Å². The van der Waals surface area contributed by atoms with E-state index in [9.17, 15) is 14.9 Å². The maximum atomic E-state index is 13.9. The zero-order valence-corrected chi connectivity index (χ0v) is 24.5. The van der Waals surface area contributed by atoms with Crippen LogP contribution in [0.4, 0.5) is 5.69 Å². The Morgan fingerprint density at radius 1 is 0.950 bits per heavy atom. The van der Waals surface area contributed by atoms with E-state index >= 15 is 0 Å². The minimum Gasteiger partial charge on any atom is -0.345 e. The lowest BCUT2D eigenvalue weighted by molar-refractivity contribution is -0.117. The van der Waals surface area contributed by atoms with E-state index in [1.54, 1.807) is 4.90 Å². The number of amides is 2. The lowest BCUT2D eigenvalue weighted by atomic mass is 10.0. The number of benzene rings is 3. The summed E-state index contributed by atoms with van der Waals surface area (Å²) >= 11 is 1.30. The lowest BCUT2D eigenvalue weighted by Gasteiger charge is -2.20. The number of nitrogens with zero attached hydrogens (tertiary/aromatic N) is 2. The predicted octanol–water partition coefficient (Wildman–Crippen LogP) is 7.46. The molecular formula is C34H37N3O2S. The number of aryl methyl sites for hydroxylation is 1. The van der Waals surface area contributed by atoms with Crippen LogP contribution in [-0.2, 0) is 22.4 Å². The first kappa shape index (κ1) is 29.2. The van der Waals surface area contributed by atoms with Gasteiger partial charge in [0.15, 0.2) is 0 Å². The van der Waals surface area contributed by atoms with Crippen LogP contribution in [0.1, 0.15) is 74.8 Å². The highest BCUT2D eigenvalue weighted by Crippen LogP contribution is 2.42. The average molecular weight is 552 g/mol. The van der Waals surface area contributed by atoms with Crippen LogP contribution in [-0.4, -0.2) is 17.1 Å². The summed E-state index contributed by atoms with van der Waals surface area (Å²) in [6.45, 7) is 8.30. The first-order valence-electron chi connectivity index (χ1n) is 14.0. The maximum Gasteiger partial charge on any atom is 0.265 e. The summed E-state index contributed by atoms with van der Waals surface area (Å²) in [4.78, 5) is 28.8. The average Bonchev–Trinajstić information content (AvgIpc) is 3.28. The maximum absolute atomic E-state index is 13.9. The monoisotopic (exact) mass is 551 g/mol. The molecule has 0 bridgehead atoms. The summed E-state index contributed by atoms with van der Waals surface area (Å²) in [5.74, 6) is -0.261. The van der Waals surface area contributed by atoms with Crippen molar-refractivity contribution in [1.29, 1.82) is 5.26 Å². The Bertz CT molecular complexity index is 1390. The number of nitrogens with one attached hydrogen (secondary N) is 1. The van der Waals surface area contributed by atoms with Crippen molar-refractivity contribution in [3.63, 3.8) is 0 Å². The summed E-state index contributed by atoms with van der Waals surface area (Å²) in [7, 11) is 0. The van der Waals surface area contributed by atoms with Gasteiger partial charge in [-0.15, -0.1) is 0 Å². The number of thioether (sulfide) groups is 1. The Morgan fingerprint density at radius 2 is 1.60 bits per heavy atom. The molecular weight excluding hydrogens is 514 g/mol. The summed E-state index contributed by atoms with van der Waals surface area (Å²) in [5.41, 5.74) is 5.05. The van der Waals surface area contributed by atoms with Gasteiger partial charge in [-0.25, -0.2) is 0 Å². The quantitative estimate of drug-likeness (QED) is 0.210. The molecule has 2 unspecified atom stereocenters. The molecule has 0 aliphatic carbocycles. The van der Waals surface area contributed by atoms with Gasteiger partial charge in [0.2, 0.25) is 5.91 Å². The second-order valence-corrected chi connectivity index (χ2v) is 11.7. The number of hydrogen-bond donors (Lipinski definition) is 1. The fourth-order valence-corrected chi connectivity index (χ4v) is 6.07. The van der Waals surface area contributed by atoms with E-state index in [1.165, 1.54) is 17.3 Å². The van der Waals surface area contributed by atoms with Crippen molar-refractivity contribution in [2.75, 3.05) is 4.90 Å². The first-order chi connectivity index (χ1) is 19.3. The third-order valence-corrected chi connectivity index (χ3v) is 8.50. The Hall–Kier alpha value is -3.82. The molecule has 1 aliphatic rings. The zero-order chi connectivity index (χ0) is 28.6. The molecule has 2 amide bonds. The first-order valence-corrected chi connectivity index (χ1v) is 14.9. The van der Waals surface area contributed by atoms with Crippen molar-refractivity contribution in [2.24, 2.45) is 0 Å². The van der Waals surface area contributed by atoms with Crippen LogP contribution in [0.25, 0.3) is 0 Å². The molecule has 1 N–H and O–H groups in total. The van der Waals surface area contributed by atoms with Gasteiger partial charge < -0.3 is 5.32 Å². The fourth-order valence-electron chi connectivity index (χ4n) is 4.76. The van der Waals surface area contributed by atoms with E-state index < -0.39 is 11.2 Å². The van der Waals surface area contributed by atoms with Gasteiger partial charge in [0, 0.05) is 5.69 Å². The normalized spacial score (nSPS) is 17.1. The number of carbonyl (C=O) groups is 2. The van der Waals surface area contributed by atoms with E-state index in [0.29, 0.717) is 23.1 Å². The Balaban J connectivity index is 1.65. The molecule has 1 heterocycles. The van der Waals surface area contributed by atoms with Gasteiger partial charge in [-0.1, -0.05) is 106 Å². The van der Waals surface area contributed by atoms with E-state index in [-0.39, 0.29) is 17.5 Å². The van der Waals surface area contributed by atoms with Crippen LogP contribution in [0.3, 0.4) is 0 Å². The molecule has 5 nitrogen and oxygen atoms in total. The van der Waals surface area contributed by atoms with Crippen LogP contribution in [0.2, 0.25) is 0 Å². The summed E-state index contributed by atoms with van der Waals surface area (Å²) < 4.78 is 0. The summed E-state index contributed by atoms with van der Waals surface area (Å²) in [6.07, 6.45) is 3.86. The molecule has 40 heavy (non-hydrogen) atoms. The fraction of sp³-hybridized carbons (Fsp3) is 0.324. The summed E-state index contributed by atoms with van der Waals surface area (Å²) in [5, 5.41) is 13.1. The lowest BCUT2D eigenvalue weighted by Crippen LogP contribution is -2.32.